The largest absolute Gasteiger partial charge is 0.308 e. The Morgan fingerprint density at radius 3 is 2.69 bits per heavy atom. The van der Waals surface area contributed by atoms with Crippen LogP contribution >= 0.6 is 11.8 Å². The summed E-state index contributed by atoms with van der Waals surface area (Å²) in [4.78, 5) is 11.4. The summed E-state index contributed by atoms with van der Waals surface area (Å²) in [5.41, 5.74) is 0.0643. The quantitative estimate of drug-likeness (QED) is 0.655. The molecule has 2 rings (SSSR count). The monoisotopic (exact) mass is 196 g/mol. The van der Waals surface area contributed by atoms with E-state index in [0.29, 0.717) is 0 Å². The molecule has 0 amide bonds. The van der Waals surface area contributed by atoms with Gasteiger partial charge in [-0.1, -0.05) is 6.07 Å². The summed E-state index contributed by atoms with van der Waals surface area (Å²) in [6, 6.07) is 5.27. The molecule has 0 aromatic carbocycles. The molecule has 4 heteroatoms. The van der Waals surface area contributed by atoms with Gasteiger partial charge in [-0.05, 0) is 6.07 Å². The van der Waals surface area contributed by atoms with Crippen LogP contribution in [0.15, 0.2) is 29.2 Å². The minimum atomic E-state index is 0.0643. The third-order valence-electron chi connectivity index (χ3n) is 2.10. The van der Waals surface area contributed by atoms with Crippen molar-refractivity contribution in [3.63, 3.8) is 0 Å². The van der Waals surface area contributed by atoms with Crippen LogP contribution in [0.2, 0.25) is 0 Å². The predicted molar refractivity (Wildman–Crippen MR) is 56.0 cm³/mol. The molecule has 1 aromatic heterocycles. The van der Waals surface area contributed by atoms with Crippen molar-refractivity contribution in [3.8, 4) is 0 Å². The number of aromatic nitrogens is 1. The number of rotatable bonds is 1. The van der Waals surface area contributed by atoms with Crippen molar-refractivity contribution < 1.29 is 0 Å². The summed E-state index contributed by atoms with van der Waals surface area (Å²) in [7, 11) is 0. The van der Waals surface area contributed by atoms with E-state index in [0.717, 1.165) is 24.6 Å². The summed E-state index contributed by atoms with van der Waals surface area (Å²) in [5, 5.41) is 2.10. The number of hydrogen-bond donors (Lipinski definition) is 0. The number of pyridine rings is 1. The van der Waals surface area contributed by atoms with E-state index in [2.05, 4.69) is 5.01 Å². The van der Waals surface area contributed by atoms with Gasteiger partial charge in [0.05, 0.1) is 0 Å². The van der Waals surface area contributed by atoms with Gasteiger partial charge in [-0.3, -0.25) is 4.79 Å². The Morgan fingerprint density at radius 2 is 2.00 bits per heavy atom. The van der Waals surface area contributed by atoms with Gasteiger partial charge in [-0.2, -0.15) is 11.8 Å². The van der Waals surface area contributed by atoms with E-state index in [-0.39, 0.29) is 5.56 Å². The van der Waals surface area contributed by atoms with Crippen molar-refractivity contribution in [2.24, 2.45) is 0 Å². The highest BCUT2D eigenvalue weighted by Crippen LogP contribution is 2.06. The second kappa shape index (κ2) is 3.87. The van der Waals surface area contributed by atoms with E-state index >= 15 is 0 Å². The summed E-state index contributed by atoms with van der Waals surface area (Å²) >= 11 is 1.94. The Balaban J connectivity index is 2.24. The molecule has 13 heavy (non-hydrogen) atoms. The first-order valence-electron chi connectivity index (χ1n) is 4.38. The fourth-order valence-electron chi connectivity index (χ4n) is 1.42. The van der Waals surface area contributed by atoms with Crippen LogP contribution in [0.4, 0.5) is 0 Å². The van der Waals surface area contributed by atoms with Crippen LogP contribution in [0, 0.1) is 0 Å². The van der Waals surface area contributed by atoms with Crippen molar-refractivity contribution in [2.75, 3.05) is 29.6 Å². The summed E-state index contributed by atoms with van der Waals surface area (Å²) in [5.74, 6) is 2.22. The van der Waals surface area contributed by atoms with Gasteiger partial charge in [0.1, 0.15) is 0 Å². The van der Waals surface area contributed by atoms with Gasteiger partial charge in [0, 0.05) is 36.9 Å². The maximum Gasteiger partial charge on any atom is 0.268 e. The molecule has 0 spiro atoms. The first-order chi connectivity index (χ1) is 6.38. The molecule has 0 bridgehead atoms. The van der Waals surface area contributed by atoms with Gasteiger partial charge in [0.2, 0.25) is 0 Å². The first-order valence-corrected chi connectivity index (χ1v) is 5.54. The maximum atomic E-state index is 11.4. The fraction of sp³-hybridized carbons (Fsp3) is 0.444. The Morgan fingerprint density at radius 1 is 1.23 bits per heavy atom. The number of nitrogens with zero attached hydrogens (tertiary/aromatic N) is 2. The van der Waals surface area contributed by atoms with Crippen molar-refractivity contribution >= 4 is 11.8 Å². The second-order valence-electron chi connectivity index (χ2n) is 2.95. The minimum Gasteiger partial charge on any atom is -0.308 e. The standard InChI is InChI=1S/C9H12N2OS/c12-9-3-1-2-4-11(9)10-5-7-13-8-6-10/h1-4H,5-8H2. The molecule has 70 valence electrons. The highest BCUT2D eigenvalue weighted by molar-refractivity contribution is 7.99. The molecule has 0 saturated carbocycles. The Hall–Kier alpha value is -0.900. The lowest BCUT2D eigenvalue weighted by Crippen LogP contribution is -2.46. The van der Waals surface area contributed by atoms with Gasteiger partial charge in [0.15, 0.2) is 0 Å². The average Bonchev–Trinajstić information content (AvgIpc) is 2.20. The third-order valence-corrected chi connectivity index (χ3v) is 3.04. The SMILES string of the molecule is O=c1ccccn1N1CCSCC1. The van der Waals surface area contributed by atoms with Crippen LogP contribution in [0.3, 0.4) is 0 Å². The molecule has 1 fully saturated rings. The zero-order chi connectivity index (χ0) is 9.10. The third kappa shape index (κ3) is 1.88. The van der Waals surface area contributed by atoms with Crippen molar-refractivity contribution in [1.29, 1.82) is 0 Å². The van der Waals surface area contributed by atoms with Crippen LogP contribution in [0.25, 0.3) is 0 Å². The van der Waals surface area contributed by atoms with Crippen LogP contribution < -0.4 is 10.6 Å². The summed E-state index contributed by atoms with van der Waals surface area (Å²) < 4.78 is 1.71. The highest BCUT2D eigenvalue weighted by Gasteiger charge is 2.10. The van der Waals surface area contributed by atoms with Crippen molar-refractivity contribution in [2.45, 2.75) is 0 Å². The molecule has 0 aliphatic carbocycles. The zero-order valence-electron chi connectivity index (χ0n) is 7.35. The van der Waals surface area contributed by atoms with Gasteiger partial charge in [0.25, 0.3) is 5.56 Å². The molecular formula is C9H12N2OS. The van der Waals surface area contributed by atoms with E-state index < -0.39 is 0 Å². The van der Waals surface area contributed by atoms with E-state index in [1.807, 2.05) is 24.0 Å². The number of hydrogen-bond acceptors (Lipinski definition) is 3. The molecule has 0 N–H and O–H groups in total. The smallest absolute Gasteiger partial charge is 0.268 e. The van der Waals surface area contributed by atoms with E-state index in [9.17, 15) is 4.79 Å². The van der Waals surface area contributed by atoms with Crippen LogP contribution in [-0.4, -0.2) is 29.3 Å². The molecule has 1 saturated heterocycles. The summed E-state index contributed by atoms with van der Waals surface area (Å²) in [6.45, 7) is 1.93. The average molecular weight is 196 g/mol. The lowest BCUT2D eigenvalue weighted by molar-refractivity contribution is 0.597. The van der Waals surface area contributed by atoms with Gasteiger partial charge in [-0.15, -0.1) is 0 Å². The Kier molecular flexibility index (Phi) is 2.59. The predicted octanol–water partition coefficient (Wildman–Crippen LogP) is 0.533. The second-order valence-corrected chi connectivity index (χ2v) is 4.17. The fourth-order valence-corrected chi connectivity index (χ4v) is 2.31. The van der Waals surface area contributed by atoms with Gasteiger partial charge in [-0.25, -0.2) is 4.68 Å². The van der Waals surface area contributed by atoms with E-state index in [1.54, 1.807) is 16.8 Å². The topological polar surface area (TPSA) is 25.2 Å². The molecule has 1 aliphatic rings. The molecule has 3 nitrogen and oxygen atoms in total. The summed E-state index contributed by atoms with van der Waals surface area (Å²) in [6.07, 6.45) is 1.83. The molecule has 2 heterocycles. The van der Waals surface area contributed by atoms with Crippen LogP contribution in [0.1, 0.15) is 0 Å². The van der Waals surface area contributed by atoms with Crippen molar-refractivity contribution in [3.05, 3.63) is 34.7 Å². The molecule has 0 unspecified atom stereocenters. The molecule has 0 atom stereocenters. The first kappa shape index (κ1) is 8.69. The zero-order valence-corrected chi connectivity index (χ0v) is 8.17. The molecule has 0 radical (unpaired) electrons. The van der Waals surface area contributed by atoms with E-state index in [4.69, 9.17) is 0 Å². The van der Waals surface area contributed by atoms with Gasteiger partial charge >= 0.3 is 0 Å². The maximum absolute atomic E-state index is 11.4. The Labute approximate surface area is 81.3 Å². The van der Waals surface area contributed by atoms with Crippen molar-refractivity contribution in [1.82, 2.24) is 4.68 Å². The lowest BCUT2D eigenvalue weighted by atomic mass is 10.5. The lowest BCUT2D eigenvalue weighted by Gasteiger charge is -2.29. The van der Waals surface area contributed by atoms with E-state index in [1.165, 1.54) is 0 Å². The van der Waals surface area contributed by atoms with Gasteiger partial charge < -0.3 is 5.01 Å². The Bertz CT molecular complexity index is 330. The van der Waals surface area contributed by atoms with Crippen LogP contribution in [0.5, 0.6) is 0 Å². The minimum absolute atomic E-state index is 0.0643. The molecular weight excluding hydrogens is 184 g/mol. The normalized spacial score (nSPS) is 17.4. The molecule has 1 aliphatic heterocycles. The van der Waals surface area contributed by atoms with Crippen LogP contribution in [-0.2, 0) is 0 Å². The highest BCUT2D eigenvalue weighted by atomic mass is 32.2. The molecule has 1 aromatic rings. The number of thioether (sulfide) groups is 1.